The largest absolute Gasteiger partial charge is 0.480 e. The zero-order chi connectivity index (χ0) is 14.0. The average molecular weight is 272 g/mol. The van der Waals surface area contributed by atoms with Crippen molar-refractivity contribution in [3.63, 3.8) is 0 Å². The zero-order valence-electron chi connectivity index (χ0n) is 10.8. The van der Waals surface area contributed by atoms with E-state index in [4.69, 9.17) is 11.5 Å². The summed E-state index contributed by atoms with van der Waals surface area (Å²) in [5, 5.41) is 11.5. The van der Waals surface area contributed by atoms with Crippen molar-refractivity contribution >= 4 is 23.8 Å². The number of thioether (sulfide) groups is 1. The molecule has 0 saturated carbocycles. The Balaban J connectivity index is 4.13. The normalized spacial score (nSPS) is 11.4. The summed E-state index contributed by atoms with van der Waals surface area (Å²) in [6.07, 6.45) is 5.81. The molecule has 0 saturated heterocycles. The Morgan fingerprint density at radius 3 is 2.72 bits per heavy atom. The zero-order valence-corrected chi connectivity index (χ0v) is 11.6. The van der Waals surface area contributed by atoms with Gasteiger partial charge in [0, 0.05) is 18.3 Å². The first-order valence-electron chi connectivity index (χ1n) is 5.80. The quantitative estimate of drug-likeness (QED) is 0.515. The summed E-state index contributed by atoms with van der Waals surface area (Å²) in [4.78, 5) is 23.8. The topological polar surface area (TPSA) is 69.6 Å². The number of carboxylic acid groups (broad SMARTS) is 1. The van der Waals surface area contributed by atoms with Crippen molar-refractivity contribution < 1.29 is 14.7 Å². The summed E-state index contributed by atoms with van der Waals surface area (Å²) in [6.45, 7) is 3.95. The maximum absolute atomic E-state index is 11.8. The first kappa shape index (κ1) is 16.6. The maximum atomic E-state index is 11.8. The smallest absolute Gasteiger partial charge is 0.323 e. The second kappa shape index (κ2) is 9.66. The molecule has 0 fully saturated rings. The van der Waals surface area contributed by atoms with Gasteiger partial charge in [-0.2, -0.15) is 0 Å². The van der Waals surface area contributed by atoms with Crippen LogP contribution < -0.4 is 5.32 Å². The molecular formula is C12H20N2O3S. The lowest BCUT2D eigenvalue weighted by Gasteiger charge is -2.27. The molecule has 2 N–H and O–H groups in total. The summed E-state index contributed by atoms with van der Waals surface area (Å²) < 4.78 is 0. The van der Waals surface area contributed by atoms with Crippen molar-refractivity contribution in [3.05, 3.63) is 0 Å². The molecule has 0 bridgehead atoms. The molecule has 18 heavy (non-hydrogen) atoms. The molecule has 0 rings (SSSR count). The van der Waals surface area contributed by atoms with Gasteiger partial charge in [0.1, 0.15) is 6.54 Å². The highest BCUT2D eigenvalue weighted by molar-refractivity contribution is 7.99. The van der Waals surface area contributed by atoms with Gasteiger partial charge in [0.15, 0.2) is 0 Å². The Morgan fingerprint density at radius 2 is 2.22 bits per heavy atom. The molecule has 0 aliphatic heterocycles. The number of carbonyl (C=O) groups is 2. The number of terminal acetylenes is 1. The first-order chi connectivity index (χ1) is 8.52. The van der Waals surface area contributed by atoms with Crippen LogP contribution in [0.1, 0.15) is 20.3 Å². The van der Waals surface area contributed by atoms with Crippen molar-refractivity contribution in [2.45, 2.75) is 26.3 Å². The number of aliphatic carboxylic acids is 1. The molecule has 6 heteroatoms. The van der Waals surface area contributed by atoms with Gasteiger partial charge in [-0.15, -0.1) is 18.2 Å². The molecule has 0 radical (unpaired) electrons. The van der Waals surface area contributed by atoms with Gasteiger partial charge in [-0.05, 0) is 13.3 Å². The molecule has 1 atom stereocenters. The van der Waals surface area contributed by atoms with Crippen LogP contribution in [-0.2, 0) is 4.79 Å². The van der Waals surface area contributed by atoms with Gasteiger partial charge in [0.2, 0.25) is 0 Å². The molecule has 5 nitrogen and oxygen atoms in total. The monoisotopic (exact) mass is 272 g/mol. The van der Waals surface area contributed by atoms with E-state index >= 15 is 0 Å². The molecular weight excluding hydrogens is 252 g/mol. The molecule has 0 aliphatic carbocycles. The third-order valence-electron chi connectivity index (χ3n) is 2.40. The Kier molecular flexibility index (Phi) is 8.93. The molecule has 102 valence electrons. The molecule has 2 amide bonds. The molecule has 0 spiro atoms. The fraction of sp³-hybridized carbons (Fsp3) is 0.667. The van der Waals surface area contributed by atoms with E-state index in [2.05, 4.69) is 11.2 Å². The van der Waals surface area contributed by atoms with Crippen LogP contribution in [0.4, 0.5) is 4.79 Å². The number of urea groups is 1. The fourth-order valence-electron chi connectivity index (χ4n) is 1.26. The van der Waals surface area contributed by atoms with Gasteiger partial charge in [-0.25, -0.2) is 4.79 Å². The molecule has 0 heterocycles. The number of nitrogens with zero attached hydrogens (tertiary/aromatic N) is 1. The molecule has 0 aliphatic rings. The number of nitrogens with one attached hydrogen (secondary N) is 1. The minimum absolute atomic E-state index is 0.0977. The molecule has 0 aromatic rings. The SMILES string of the molecule is C#CCSCCNC(=O)N(CC(=O)O)C(C)CC. The van der Waals surface area contributed by atoms with E-state index in [9.17, 15) is 9.59 Å². The van der Waals surface area contributed by atoms with E-state index in [1.54, 1.807) is 11.8 Å². The van der Waals surface area contributed by atoms with Crippen LogP contribution in [0.3, 0.4) is 0 Å². The Hall–Kier alpha value is -1.35. The first-order valence-corrected chi connectivity index (χ1v) is 6.95. The van der Waals surface area contributed by atoms with Crippen molar-refractivity contribution in [1.82, 2.24) is 10.2 Å². The van der Waals surface area contributed by atoms with Crippen LogP contribution in [0.25, 0.3) is 0 Å². The highest BCUT2D eigenvalue weighted by Gasteiger charge is 2.20. The lowest BCUT2D eigenvalue weighted by atomic mass is 10.2. The number of hydrogen-bond acceptors (Lipinski definition) is 3. The van der Waals surface area contributed by atoms with Crippen LogP contribution in [0, 0.1) is 12.3 Å². The third-order valence-corrected chi connectivity index (χ3v) is 3.26. The predicted molar refractivity (Wildman–Crippen MR) is 73.7 cm³/mol. The molecule has 0 aromatic carbocycles. The average Bonchev–Trinajstić information content (AvgIpc) is 2.34. The van der Waals surface area contributed by atoms with Gasteiger partial charge >= 0.3 is 12.0 Å². The van der Waals surface area contributed by atoms with Crippen molar-refractivity contribution in [2.75, 3.05) is 24.6 Å². The van der Waals surface area contributed by atoms with Crippen LogP contribution in [0.15, 0.2) is 0 Å². The van der Waals surface area contributed by atoms with Gasteiger partial charge < -0.3 is 15.3 Å². The van der Waals surface area contributed by atoms with E-state index < -0.39 is 5.97 Å². The lowest BCUT2D eigenvalue weighted by Crippen LogP contribution is -2.47. The van der Waals surface area contributed by atoms with Crippen molar-refractivity contribution in [1.29, 1.82) is 0 Å². The highest BCUT2D eigenvalue weighted by atomic mass is 32.2. The Bertz CT molecular complexity index is 315. The minimum atomic E-state index is -1.01. The summed E-state index contributed by atoms with van der Waals surface area (Å²) in [7, 11) is 0. The van der Waals surface area contributed by atoms with Crippen LogP contribution in [-0.4, -0.2) is 52.6 Å². The number of rotatable bonds is 8. The van der Waals surface area contributed by atoms with E-state index in [-0.39, 0.29) is 18.6 Å². The van der Waals surface area contributed by atoms with E-state index in [0.717, 1.165) is 5.75 Å². The third kappa shape index (κ3) is 7.07. The molecule has 0 aromatic heterocycles. The van der Waals surface area contributed by atoms with Crippen LogP contribution in [0.5, 0.6) is 0 Å². The summed E-state index contributed by atoms with van der Waals surface area (Å²) >= 11 is 1.55. The summed E-state index contributed by atoms with van der Waals surface area (Å²) in [6, 6.07) is -0.437. The van der Waals surface area contributed by atoms with E-state index in [1.807, 2.05) is 13.8 Å². The number of carboxylic acids is 1. The second-order valence-corrected chi connectivity index (χ2v) is 4.87. The van der Waals surface area contributed by atoms with Gasteiger partial charge in [-0.3, -0.25) is 4.79 Å². The highest BCUT2D eigenvalue weighted by Crippen LogP contribution is 2.04. The van der Waals surface area contributed by atoms with Crippen molar-refractivity contribution in [2.24, 2.45) is 0 Å². The van der Waals surface area contributed by atoms with Gasteiger partial charge in [-0.1, -0.05) is 12.8 Å². The van der Waals surface area contributed by atoms with E-state index in [1.165, 1.54) is 4.90 Å². The van der Waals surface area contributed by atoms with Crippen LogP contribution >= 0.6 is 11.8 Å². The Morgan fingerprint density at radius 1 is 1.56 bits per heavy atom. The van der Waals surface area contributed by atoms with Crippen LogP contribution in [0.2, 0.25) is 0 Å². The number of amides is 2. The standard InChI is InChI=1S/C12H20N2O3S/c1-4-7-18-8-6-13-12(17)14(9-11(15)16)10(3)5-2/h1,10H,5-9H2,2-3H3,(H,13,17)(H,15,16). The number of carbonyl (C=O) groups excluding carboxylic acids is 1. The van der Waals surface area contributed by atoms with Gasteiger partial charge in [0.25, 0.3) is 0 Å². The predicted octanol–water partition coefficient (Wildman–Crippen LogP) is 1.25. The van der Waals surface area contributed by atoms with Gasteiger partial charge in [0.05, 0.1) is 5.75 Å². The Labute approximate surface area is 112 Å². The van der Waals surface area contributed by atoms with Crippen molar-refractivity contribution in [3.8, 4) is 12.3 Å². The maximum Gasteiger partial charge on any atom is 0.323 e. The summed E-state index contributed by atoms with van der Waals surface area (Å²) in [5.74, 6) is 2.82. The minimum Gasteiger partial charge on any atom is -0.480 e. The number of hydrogen-bond donors (Lipinski definition) is 2. The summed E-state index contributed by atoms with van der Waals surface area (Å²) in [5.41, 5.74) is 0. The lowest BCUT2D eigenvalue weighted by molar-refractivity contribution is -0.138. The second-order valence-electron chi connectivity index (χ2n) is 3.77. The molecule has 1 unspecified atom stereocenters. The fourth-order valence-corrected chi connectivity index (χ4v) is 1.77. The van der Waals surface area contributed by atoms with E-state index in [0.29, 0.717) is 18.7 Å².